The average Bonchev–Trinajstić information content (AvgIpc) is 2.22. The number of unbranched alkanes of at least 4 members (excludes halogenated alkanes) is 1. The van der Waals surface area contributed by atoms with Gasteiger partial charge in [0, 0.05) is 32.0 Å². The number of carbonyl (C=O) groups excluding carboxylic acids is 2. The quantitative estimate of drug-likeness (QED) is 0.542. The lowest BCUT2D eigenvalue weighted by atomic mass is 10.1. The molecule has 1 fully saturated rings. The molecule has 1 rings (SSSR count). The average molecular weight is 214 g/mol. The molecule has 15 heavy (non-hydrogen) atoms. The highest BCUT2D eigenvalue weighted by Gasteiger charge is 2.18. The second kappa shape index (κ2) is 6.40. The molecule has 0 saturated carbocycles. The van der Waals surface area contributed by atoms with E-state index in [0.717, 1.165) is 6.42 Å². The molecule has 0 aromatic rings. The zero-order valence-corrected chi connectivity index (χ0v) is 8.79. The molecule has 0 aromatic heterocycles. The molecule has 1 aliphatic rings. The molecule has 0 radical (unpaired) electrons. The van der Waals surface area contributed by atoms with Crippen molar-refractivity contribution in [3.63, 3.8) is 0 Å². The summed E-state index contributed by atoms with van der Waals surface area (Å²) in [6, 6.07) is 0.0735. The van der Waals surface area contributed by atoms with Crippen LogP contribution in [0, 0.1) is 0 Å². The number of hydrogen-bond donors (Lipinski definition) is 3. The van der Waals surface area contributed by atoms with Crippen LogP contribution in [-0.2, 0) is 9.59 Å². The molecule has 5 heteroatoms. The lowest BCUT2D eigenvalue weighted by Gasteiger charge is -2.23. The van der Waals surface area contributed by atoms with Gasteiger partial charge < -0.3 is 15.7 Å². The second-order valence-electron chi connectivity index (χ2n) is 3.79. The van der Waals surface area contributed by atoms with Crippen LogP contribution in [0.25, 0.3) is 0 Å². The van der Waals surface area contributed by atoms with Crippen LogP contribution in [0.2, 0.25) is 0 Å². The first kappa shape index (κ1) is 12.0. The Kier molecular flexibility index (Phi) is 5.10. The number of aliphatic hydroxyl groups excluding tert-OH is 1. The lowest BCUT2D eigenvalue weighted by molar-refractivity contribution is -0.125. The van der Waals surface area contributed by atoms with Gasteiger partial charge >= 0.3 is 0 Å². The molecule has 1 atom stereocenters. The first-order valence-corrected chi connectivity index (χ1v) is 5.39. The molecule has 1 unspecified atom stereocenters. The molecule has 86 valence electrons. The fourth-order valence-corrected chi connectivity index (χ4v) is 1.55. The fraction of sp³-hybridized carbons (Fsp3) is 0.800. The van der Waals surface area contributed by atoms with E-state index in [1.807, 2.05) is 0 Å². The third kappa shape index (κ3) is 4.78. The van der Waals surface area contributed by atoms with Crippen LogP contribution in [0.15, 0.2) is 0 Å². The van der Waals surface area contributed by atoms with E-state index in [4.69, 9.17) is 5.11 Å². The molecule has 1 saturated heterocycles. The van der Waals surface area contributed by atoms with Gasteiger partial charge in [-0.1, -0.05) is 0 Å². The molecule has 1 aliphatic heterocycles. The molecule has 0 bridgehead atoms. The van der Waals surface area contributed by atoms with Crippen molar-refractivity contribution < 1.29 is 14.7 Å². The summed E-state index contributed by atoms with van der Waals surface area (Å²) in [5.41, 5.74) is 0. The third-order valence-electron chi connectivity index (χ3n) is 2.44. The zero-order chi connectivity index (χ0) is 11.1. The fourth-order valence-electron chi connectivity index (χ4n) is 1.55. The smallest absolute Gasteiger partial charge is 0.220 e. The first-order chi connectivity index (χ1) is 7.22. The van der Waals surface area contributed by atoms with Crippen molar-refractivity contribution >= 4 is 11.8 Å². The summed E-state index contributed by atoms with van der Waals surface area (Å²) < 4.78 is 0. The van der Waals surface area contributed by atoms with Crippen LogP contribution in [0.5, 0.6) is 0 Å². The van der Waals surface area contributed by atoms with Crippen LogP contribution >= 0.6 is 0 Å². The highest BCUT2D eigenvalue weighted by atomic mass is 16.3. The first-order valence-electron chi connectivity index (χ1n) is 5.39. The van der Waals surface area contributed by atoms with E-state index in [-0.39, 0.29) is 24.5 Å². The Balaban J connectivity index is 2.12. The Morgan fingerprint density at radius 3 is 2.93 bits per heavy atom. The monoisotopic (exact) mass is 214 g/mol. The van der Waals surface area contributed by atoms with Gasteiger partial charge in [0.15, 0.2) is 0 Å². The van der Waals surface area contributed by atoms with Crippen LogP contribution in [0.4, 0.5) is 0 Å². The summed E-state index contributed by atoms with van der Waals surface area (Å²) in [5, 5.41) is 14.1. The van der Waals surface area contributed by atoms with Crippen LogP contribution in [0.3, 0.4) is 0 Å². The number of nitrogens with one attached hydrogen (secondary N) is 2. The maximum absolute atomic E-state index is 11.4. The summed E-state index contributed by atoms with van der Waals surface area (Å²) in [4.78, 5) is 22.2. The minimum absolute atomic E-state index is 0.00426. The van der Waals surface area contributed by atoms with E-state index >= 15 is 0 Å². The molecule has 0 aliphatic carbocycles. The van der Waals surface area contributed by atoms with Crippen molar-refractivity contribution in [1.82, 2.24) is 10.6 Å². The standard InChI is InChI=1S/C10H18N2O3/c13-6-2-1-3-10(15)12-8-4-5-9(14)11-7-8/h8,13H,1-7H2,(H,11,14)(H,12,15). The van der Waals surface area contributed by atoms with Gasteiger partial charge in [-0.3, -0.25) is 9.59 Å². The van der Waals surface area contributed by atoms with E-state index in [1.54, 1.807) is 0 Å². The molecule has 1 heterocycles. The molecule has 2 amide bonds. The number of rotatable bonds is 5. The topological polar surface area (TPSA) is 78.4 Å². The number of hydrogen-bond acceptors (Lipinski definition) is 3. The van der Waals surface area contributed by atoms with Crippen molar-refractivity contribution in [2.45, 2.75) is 38.1 Å². The van der Waals surface area contributed by atoms with Crippen molar-refractivity contribution in [3.8, 4) is 0 Å². The second-order valence-corrected chi connectivity index (χ2v) is 3.79. The third-order valence-corrected chi connectivity index (χ3v) is 2.44. The van der Waals surface area contributed by atoms with Crippen LogP contribution in [-0.4, -0.2) is 36.1 Å². The van der Waals surface area contributed by atoms with Gasteiger partial charge in [0.1, 0.15) is 0 Å². The summed E-state index contributed by atoms with van der Waals surface area (Å²) in [7, 11) is 0. The lowest BCUT2D eigenvalue weighted by Crippen LogP contribution is -2.47. The van der Waals surface area contributed by atoms with Gasteiger partial charge in [-0.2, -0.15) is 0 Å². The van der Waals surface area contributed by atoms with Crippen molar-refractivity contribution in [2.24, 2.45) is 0 Å². The number of aliphatic hydroxyl groups is 1. The Morgan fingerprint density at radius 1 is 1.53 bits per heavy atom. The SMILES string of the molecule is O=C1CCC(NC(=O)CCCCO)CN1. The molecule has 0 aromatic carbocycles. The Morgan fingerprint density at radius 2 is 2.33 bits per heavy atom. The highest BCUT2D eigenvalue weighted by Crippen LogP contribution is 2.03. The Hall–Kier alpha value is -1.10. The van der Waals surface area contributed by atoms with Crippen LogP contribution in [0.1, 0.15) is 32.1 Å². The molecular formula is C10H18N2O3. The largest absolute Gasteiger partial charge is 0.396 e. The summed E-state index contributed by atoms with van der Waals surface area (Å²) >= 11 is 0. The van der Waals surface area contributed by atoms with Crippen molar-refractivity contribution in [3.05, 3.63) is 0 Å². The number of carbonyl (C=O) groups is 2. The predicted octanol–water partition coefficient (Wildman–Crippen LogP) is -0.456. The van der Waals surface area contributed by atoms with E-state index in [2.05, 4.69) is 10.6 Å². The normalized spacial score (nSPS) is 20.9. The van der Waals surface area contributed by atoms with Gasteiger partial charge in [-0.15, -0.1) is 0 Å². The maximum Gasteiger partial charge on any atom is 0.220 e. The predicted molar refractivity (Wildman–Crippen MR) is 55.1 cm³/mol. The van der Waals surface area contributed by atoms with E-state index in [1.165, 1.54) is 0 Å². The Bertz CT molecular complexity index is 221. The molecule has 0 spiro atoms. The van der Waals surface area contributed by atoms with E-state index < -0.39 is 0 Å². The maximum atomic E-state index is 11.4. The van der Waals surface area contributed by atoms with Gasteiger partial charge in [-0.05, 0) is 19.3 Å². The van der Waals surface area contributed by atoms with E-state index in [0.29, 0.717) is 32.2 Å². The van der Waals surface area contributed by atoms with E-state index in [9.17, 15) is 9.59 Å². The van der Waals surface area contributed by atoms with Gasteiger partial charge in [0.25, 0.3) is 0 Å². The number of piperidine rings is 1. The molecular weight excluding hydrogens is 196 g/mol. The minimum atomic E-state index is 0.00426. The van der Waals surface area contributed by atoms with Gasteiger partial charge in [0.2, 0.25) is 11.8 Å². The molecule has 3 N–H and O–H groups in total. The summed E-state index contributed by atoms with van der Waals surface area (Å²) in [5.74, 6) is 0.0605. The van der Waals surface area contributed by atoms with Gasteiger partial charge in [0.05, 0.1) is 0 Å². The zero-order valence-electron chi connectivity index (χ0n) is 8.79. The molecule has 5 nitrogen and oxygen atoms in total. The number of amides is 2. The van der Waals surface area contributed by atoms with Crippen molar-refractivity contribution in [1.29, 1.82) is 0 Å². The van der Waals surface area contributed by atoms with Crippen molar-refractivity contribution in [2.75, 3.05) is 13.2 Å². The summed E-state index contributed by atoms with van der Waals surface area (Å²) in [6.45, 7) is 0.664. The minimum Gasteiger partial charge on any atom is -0.396 e. The Labute approximate surface area is 89.2 Å². The van der Waals surface area contributed by atoms with Gasteiger partial charge in [-0.25, -0.2) is 0 Å². The van der Waals surface area contributed by atoms with Crippen LogP contribution < -0.4 is 10.6 Å². The highest BCUT2D eigenvalue weighted by molar-refractivity contribution is 5.78. The summed E-state index contributed by atoms with van der Waals surface area (Å²) in [6.07, 6.45) is 3.03.